The average Bonchev–Trinajstić information content (AvgIpc) is 2.24. The summed E-state index contributed by atoms with van der Waals surface area (Å²) in [6, 6.07) is 0. The molecule has 0 aromatic heterocycles. The third kappa shape index (κ3) is 4.39. The minimum atomic E-state index is -2.91. The molecule has 4 nitrogen and oxygen atoms in total. The van der Waals surface area contributed by atoms with Crippen LogP contribution in [0.3, 0.4) is 0 Å². The van der Waals surface area contributed by atoms with Gasteiger partial charge in [-0.05, 0) is 18.8 Å². The molecule has 0 aromatic rings. The molecule has 0 fully saturated rings. The predicted octanol–water partition coefficient (Wildman–Crippen LogP) is 0.795. The number of hydrogen-bond donors (Lipinski definition) is 2. The standard InChI is InChI=1S/C11H25NO3S/c1-4-16(14,15)7-5-6-11(8-12,9-13)10(2)3/h10,13H,4-9,12H2,1-3H3. The third-order valence-corrected chi connectivity index (χ3v) is 5.31. The number of rotatable bonds is 8. The highest BCUT2D eigenvalue weighted by Gasteiger charge is 2.31. The molecule has 0 aliphatic heterocycles. The van der Waals surface area contributed by atoms with E-state index in [-0.39, 0.29) is 29.4 Å². The Bertz CT molecular complexity index is 282. The summed E-state index contributed by atoms with van der Waals surface area (Å²) >= 11 is 0. The monoisotopic (exact) mass is 251 g/mol. The van der Waals surface area contributed by atoms with Crippen molar-refractivity contribution in [3.05, 3.63) is 0 Å². The molecule has 0 aromatic carbocycles. The first-order valence-electron chi connectivity index (χ1n) is 5.85. The van der Waals surface area contributed by atoms with E-state index in [2.05, 4.69) is 0 Å². The van der Waals surface area contributed by atoms with Crippen molar-refractivity contribution in [2.24, 2.45) is 17.1 Å². The van der Waals surface area contributed by atoms with Crippen LogP contribution in [-0.2, 0) is 9.84 Å². The minimum absolute atomic E-state index is 0.0212. The highest BCUT2D eigenvalue weighted by Crippen LogP contribution is 2.31. The summed E-state index contributed by atoms with van der Waals surface area (Å²) in [6.07, 6.45) is 1.24. The summed E-state index contributed by atoms with van der Waals surface area (Å²) in [5, 5.41) is 9.40. The van der Waals surface area contributed by atoms with Crippen LogP contribution in [0, 0.1) is 11.3 Å². The number of aliphatic hydroxyl groups excluding tert-OH is 1. The Labute approximate surface area is 99.1 Å². The number of sulfone groups is 1. The van der Waals surface area contributed by atoms with Gasteiger partial charge in [0.15, 0.2) is 0 Å². The molecule has 3 N–H and O–H groups in total. The maximum absolute atomic E-state index is 11.3. The van der Waals surface area contributed by atoms with Gasteiger partial charge in [0.25, 0.3) is 0 Å². The normalized spacial score (nSPS) is 16.4. The van der Waals surface area contributed by atoms with Crippen molar-refractivity contribution in [2.75, 3.05) is 24.7 Å². The minimum Gasteiger partial charge on any atom is -0.396 e. The van der Waals surface area contributed by atoms with Gasteiger partial charge in [0.2, 0.25) is 0 Å². The number of hydrogen-bond acceptors (Lipinski definition) is 4. The first-order valence-corrected chi connectivity index (χ1v) is 7.67. The molecule has 1 unspecified atom stereocenters. The van der Waals surface area contributed by atoms with Crippen LogP contribution in [0.25, 0.3) is 0 Å². The second kappa shape index (κ2) is 6.57. The molecule has 0 aliphatic carbocycles. The Morgan fingerprint density at radius 3 is 2.25 bits per heavy atom. The lowest BCUT2D eigenvalue weighted by Gasteiger charge is -2.34. The van der Waals surface area contributed by atoms with Gasteiger partial charge in [-0.3, -0.25) is 0 Å². The largest absolute Gasteiger partial charge is 0.396 e. The van der Waals surface area contributed by atoms with Crippen molar-refractivity contribution < 1.29 is 13.5 Å². The molecular formula is C11H25NO3S. The molecule has 16 heavy (non-hydrogen) atoms. The van der Waals surface area contributed by atoms with Crippen LogP contribution in [0.1, 0.15) is 33.6 Å². The summed E-state index contributed by atoms with van der Waals surface area (Å²) in [7, 11) is -2.91. The van der Waals surface area contributed by atoms with E-state index < -0.39 is 9.84 Å². The Balaban J connectivity index is 4.35. The average molecular weight is 251 g/mol. The van der Waals surface area contributed by atoms with Gasteiger partial charge in [0.05, 0.1) is 12.4 Å². The fourth-order valence-corrected chi connectivity index (χ4v) is 2.61. The topological polar surface area (TPSA) is 80.4 Å². The lowest BCUT2D eigenvalue weighted by Crippen LogP contribution is -2.39. The van der Waals surface area contributed by atoms with E-state index in [1.807, 2.05) is 13.8 Å². The van der Waals surface area contributed by atoms with E-state index >= 15 is 0 Å². The molecule has 0 radical (unpaired) electrons. The Kier molecular flexibility index (Phi) is 6.51. The smallest absolute Gasteiger partial charge is 0.150 e. The molecular weight excluding hydrogens is 226 g/mol. The van der Waals surface area contributed by atoms with Gasteiger partial charge in [0, 0.05) is 17.7 Å². The quantitative estimate of drug-likeness (QED) is 0.668. The second-order valence-corrected chi connectivity index (χ2v) is 7.19. The van der Waals surface area contributed by atoms with Crippen molar-refractivity contribution in [1.82, 2.24) is 0 Å². The van der Waals surface area contributed by atoms with Crippen LogP contribution >= 0.6 is 0 Å². The zero-order chi connectivity index (χ0) is 12.8. The molecule has 0 saturated heterocycles. The molecule has 0 rings (SSSR count). The van der Waals surface area contributed by atoms with E-state index in [9.17, 15) is 13.5 Å². The maximum Gasteiger partial charge on any atom is 0.150 e. The first-order chi connectivity index (χ1) is 7.33. The zero-order valence-corrected chi connectivity index (χ0v) is 11.4. The van der Waals surface area contributed by atoms with Crippen LogP contribution in [0.15, 0.2) is 0 Å². The van der Waals surface area contributed by atoms with Crippen molar-refractivity contribution in [3.63, 3.8) is 0 Å². The van der Waals surface area contributed by atoms with Crippen LogP contribution in [0.2, 0.25) is 0 Å². The Morgan fingerprint density at radius 2 is 1.94 bits per heavy atom. The number of nitrogens with two attached hydrogens (primary N) is 1. The van der Waals surface area contributed by atoms with E-state index in [1.165, 1.54) is 0 Å². The molecule has 5 heteroatoms. The molecule has 0 spiro atoms. The molecule has 0 heterocycles. The van der Waals surface area contributed by atoms with Gasteiger partial charge in [-0.2, -0.15) is 0 Å². The Hall–Kier alpha value is -0.130. The third-order valence-electron chi connectivity index (χ3n) is 3.52. The van der Waals surface area contributed by atoms with Gasteiger partial charge in [-0.25, -0.2) is 8.42 Å². The van der Waals surface area contributed by atoms with E-state index in [1.54, 1.807) is 6.92 Å². The van der Waals surface area contributed by atoms with Gasteiger partial charge < -0.3 is 10.8 Å². The summed E-state index contributed by atoms with van der Waals surface area (Å²) in [6.45, 7) is 6.09. The Morgan fingerprint density at radius 1 is 1.38 bits per heavy atom. The summed E-state index contributed by atoms with van der Waals surface area (Å²) in [5.74, 6) is 0.633. The SMILES string of the molecule is CCS(=O)(=O)CCCC(CN)(CO)C(C)C. The fraction of sp³-hybridized carbons (Fsp3) is 1.00. The fourth-order valence-electron chi connectivity index (χ4n) is 1.74. The highest BCUT2D eigenvalue weighted by molar-refractivity contribution is 7.91. The molecule has 98 valence electrons. The van der Waals surface area contributed by atoms with Crippen LogP contribution in [0.5, 0.6) is 0 Å². The van der Waals surface area contributed by atoms with Gasteiger partial charge >= 0.3 is 0 Å². The highest BCUT2D eigenvalue weighted by atomic mass is 32.2. The molecule has 0 saturated carbocycles. The van der Waals surface area contributed by atoms with E-state index in [0.29, 0.717) is 19.4 Å². The molecule has 0 bridgehead atoms. The summed E-state index contributed by atoms with van der Waals surface area (Å²) in [5.41, 5.74) is 5.36. The second-order valence-electron chi connectivity index (χ2n) is 4.72. The molecule has 0 aliphatic rings. The van der Waals surface area contributed by atoms with Crippen molar-refractivity contribution in [1.29, 1.82) is 0 Å². The molecule has 0 amide bonds. The van der Waals surface area contributed by atoms with Crippen molar-refractivity contribution in [2.45, 2.75) is 33.6 Å². The lowest BCUT2D eigenvalue weighted by atomic mass is 9.74. The zero-order valence-electron chi connectivity index (χ0n) is 10.6. The summed E-state index contributed by atoms with van der Waals surface area (Å²) in [4.78, 5) is 0. The first kappa shape index (κ1) is 15.9. The predicted molar refractivity (Wildman–Crippen MR) is 67.0 cm³/mol. The van der Waals surface area contributed by atoms with Crippen molar-refractivity contribution >= 4 is 9.84 Å². The van der Waals surface area contributed by atoms with Crippen LogP contribution in [-0.4, -0.2) is 38.2 Å². The number of aliphatic hydroxyl groups is 1. The molecule has 1 atom stereocenters. The van der Waals surface area contributed by atoms with Crippen molar-refractivity contribution in [3.8, 4) is 0 Å². The van der Waals surface area contributed by atoms with Gasteiger partial charge in [0.1, 0.15) is 9.84 Å². The van der Waals surface area contributed by atoms with E-state index in [4.69, 9.17) is 5.73 Å². The van der Waals surface area contributed by atoms with Gasteiger partial charge in [-0.1, -0.05) is 20.8 Å². The van der Waals surface area contributed by atoms with Crippen LogP contribution < -0.4 is 5.73 Å². The summed E-state index contributed by atoms with van der Waals surface area (Å²) < 4.78 is 22.7. The lowest BCUT2D eigenvalue weighted by molar-refractivity contribution is 0.0745. The van der Waals surface area contributed by atoms with E-state index in [0.717, 1.165) is 0 Å². The van der Waals surface area contributed by atoms with Crippen LogP contribution in [0.4, 0.5) is 0 Å². The maximum atomic E-state index is 11.3. The van der Waals surface area contributed by atoms with Gasteiger partial charge in [-0.15, -0.1) is 0 Å².